The number of aryl methyl sites for hydroxylation is 2. The standard InChI is InChI=1S/C13H17N3/c1-3-4-12-9-13(16-15-12)14-11-7-5-10(2)6-8-11/h5-9H,3-4H2,1-2H3,(H2,14,15,16). The van der Waals surface area contributed by atoms with Crippen molar-refractivity contribution in [1.82, 2.24) is 10.2 Å². The zero-order valence-electron chi connectivity index (χ0n) is 9.75. The first-order valence-corrected chi connectivity index (χ1v) is 5.66. The fourth-order valence-electron chi connectivity index (χ4n) is 1.61. The van der Waals surface area contributed by atoms with E-state index < -0.39 is 0 Å². The van der Waals surface area contributed by atoms with Gasteiger partial charge in [-0.1, -0.05) is 31.0 Å². The van der Waals surface area contributed by atoms with Gasteiger partial charge in [0.25, 0.3) is 0 Å². The molecule has 0 radical (unpaired) electrons. The fraction of sp³-hybridized carbons (Fsp3) is 0.308. The van der Waals surface area contributed by atoms with Crippen molar-refractivity contribution in [2.24, 2.45) is 0 Å². The molecule has 3 nitrogen and oxygen atoms in total. The van der Waals surface area contributed by atoms with Crippen LogP contribution in [0.1, 0.15) is 24.6 Å². The molecule has 0 atom stereocenters. The zero-order valence-corrected chi connectivity index (χ0v) is 9.75. The summed E-state index contributed by atoms with van der Waals surface area (Å²) in [5, 5.41) is 10.5. The van der Waals surface area contributed by atoms with Gasteiger partial charge in [-0.15, -0.1) is 0 Å². The normalized spacial score (nSPS) is 10.4. The Bertz CT molecular complexity index is 442. The number of aromatic amines is 1. The minimum atomic E-state index is 0.882. The lowest BCUT2D eigenvalue weighted by molar-refractivity contribution is 0.867. The molecular weight excluding hydrogens is 198 g/mol. The molecule has 0 aliphatic heterocycles. The molecule has 0 saturated carbocycles. The average molecular weight is 215 g/mol. The van der Waals surface area contributed by atoms with Gasteiger partial charge in [-0.3, -0.25) is 5.10 Å². The first-order valence-electron chi connectivity index (χ1n) is 5.66. The lowest BCUT2D eigenvalue weighted by Gasteiger charge is -2.02. The number of aromatic nitrogens is 2. The summed E-state index contributed by atoms with van der Waals surface area (Å²) in [6.07, 6.45) is 2.18. The largest absolute Gasteiger partial charge is 0.339 e. The first-order chi connectivity index (χ1) is 7.78. The van der Waals surface area contributed by atoms with Gasteiger partial charge in [-0.05, 0) is 25.5 Å². The van der Waals surface area contributed by atoms with Crippen LogP contribution in [0.15, 0.2) is 30.3 Å². The Kier molecular flexibility index (Phi) is 3.25. The van der Waals surface area contributed by atoms with Crippen LogP contribution >= 0.6 is 0 Å². The van der Waals surface area contributed by atoms with Crippen molar-refractivity contribution in [2.75, 3.05) is 5.32 Å². The van der Waals surface area contributed by atoms with E-state index >= 15 is 0 Å². The SMILES string of the molecule is CCCc1cc(Nc2ccc(C)cc2)n[nH]1. The van der Waals surface area contributed by atoms with Gasteiger partial charge in [-0.25, -0.2) is 0 Å². The minimum absolute atomic E-state index is 0.882. The summed E-state index contributed by atoms with van der Waals surface area (Å²) in [6.45, 7) is 4.24. The molecule has 0 bridgehead atoms. The predicted octanol–water partition coefficient (Wildman–Crippen LogP) is 3.41. The smallest absolute Gasteiger partial charge is 0.152 e. The Morgan fingerprint density at radius 1 is 1.25 bits per heavy atom. The molecule has 1 aromatic carbocycles. The van der Waals surface area contributed by atoms with Crippen LogP contribution in [-0.2, 0) is 6.42 Å². The van der Waals surface area contributed by atoms with E-state index in [4.69, 9.17) is 0 Å². The maximum absolute atomic E-state index is 4.22. The minimum Gasteiger partial charge on any atom is -0.339 e. The monoisotopic (exact) mass is 215 g/mol. The second-order valence-electron chi connectivity index (χ2n) is 4.02. The maximum atomic E-state index is 4.22. The molecule has 0 unspecified atom stereocenters. The molecule has 2 rings (SSSR count). The maximum Gasteiger partial charge on any atom is 0.152 e. The van der Waals surface area contributed by atoms with Crippen molar-refractivity contribution >= 4 is 11.5 Å². The number of hydrogen-bond acceptors (Lipinski definition) is 2. The van der Waals surface area contributed by atoms with Gasteiger partial charge in [0.1, 0.15) is 0 Å². The number of hydrogen-bond donors (Lipinski definition) is 2. The first kappa shape index (κ1) is 10.7. The summed E-state index contributed by atoms with van der Waals surface area (Å²) in [7, 11) is 0. The number of benzene rings is 1. The molecule has 0 spiro atoms. The van der Waals surface area contributed by atoms with Gasteiger partial charge < -0.3 is 5.32 Å². The Hall–Kier alpha value is -1.77. The summed E-state index contributed by atoms with van der Waals surface area (Å²) in [6, 6.07) is 10.3. The summed E-state index contributed by atoms with van der Waals surface area (Å²) in [4.78, 5) is 0. The van der Waals surface area contributed by atoms with Crippen molar-refractivity contribution in [3.63, 3.8) is 0 Å². The van der Waals surface area contributed by atoms with E-state index in [2.05, 4.69) is 59.7 Å². The van der Waals surface area contributed by atoms with Gasteiger partial charge in [0, 0.05) is 17.4 Å². The van der Waals surface area contributed by atoms with Crippen LogP contribution in [0.4, 0.5) is 11.5 Å². The summed E-state index contributed by atoms with van der Waals surface area (Å²) < 4.78 is 0. The number of anilines is 2. The molecule has 3 heteroatoms. The van der Waals surface area contributed by atoms with E-state index in [1.165, 1.54) is 11.3 Å². The lowest BCUT2D eigenvalue weighted by atomic mass is 10.2. The van der Waals surface area contributed by atoms with Crippen LogP contribution in [-0.4, -0.2) is 10.2 Å². The number of nitrogens with zero attached hydrogens (tertiary/aromatic N) is 1. The molecule has 16 heavy (non-hydrogen) atoms. The highest BCUT2D eigenvalue weighted by Crippen LogP contribution is 2.16. The van der Waals surface area contributed by atoms with Crippen LogP contribution in [0.25, 0.3) is 0 Å². The van der Waals surface area contributed by atoms with E-state index in [1.54, 1.807) is 0 Å². The fourth-order valence-corrected chi connectivity index (χ4v) is 1.61. The van der Waals surface area contributed by atoms with Crippen molar-refractivity contribution < 1.29 is 0 Å². The quantitative estimate of drug-likeness (QED) is 0.820. The Morgan fingerprint density at radius 3 is 2.69 bits per heavy atom. The highest BCUT2D eigenvalue weighted by molar-refractivity contribution is 5.56. The summed E-state index contributed by atoms with van der Waals surface area (Å²) in [5.74, 6) is 0.882. The molecule has 2 N–H and O–H groups in total. The van der Waals surface area contributed by atoms with E-state index in [1.807, 2.05) is 0 Å². The average Bonchev–Trinajstić information content (AvgIpc) is 2.70. The lowest BCUT2D eigenvalue weighted by Crippen LogP contribution is -1.89. The van der Waals surface area contributed by atoms with Gasteiger partial charge in [0.15, 0.2) is 5.82 Å². The third-order valence-corrected chi connectivity index (χ3v) is 2.47. The van der Waals surface area contributed by atoms with Crippen molar-refractivity contribution in [3.05, 3.63) is 41.6 Å². The molecule has 0 fully saturated rings. The Labute approximate surface area is 95.9 Å². The number of H-pyrrole nitrogens is 1. The molecule has 1 aromatic heterocycles. The van der Waals surface area contributed by atoms with Crippen LogP contribution < -0.4 is 5.32 Å². The molecule has 0 aliphatic carbocycles. The summed E-state index contributed by atoms with van der Waals surface area (Å²) in [5.41, 5.74) is 3.51. The van der Waals surface area contributed by atoms with Gasteiger partial charge in [0.2, 0.25) is 0 Å². The van der Waals surface area contributed by atoms with Crippen LogP contribution in [0.3, 0.4) is 0 Å². The van der Waals surface area contributed by atoms with Gasteiger partial charge in [0.05, 0.1) is 0 Å². The van der Waals surface area contributed by atoms with E-state index in [0.717, 1.165) is 24.3 Å². The molecule has 1 heterocycles. The van der Waals surface area contributed by atoms with Gasteiger partial charge >= 0.3 is 0 Å². The number of rotatable bonds is 4. The topological polar surface area (TPSA) is 40.7 Å². The van der Waals surface area contributed by atoms with Crippen molar-refractivity contribution in [3.8, 4) is 0 Å². The van der Waals surface area contributed by atoms with E-state index in [-0.39, 0.29) is 0 Å². The molecule has 2 aromatic rings. The van der Waals surface area contributed by atoms with Crippen LogP contribution in [0.5, 0.6) is 0 Å². The zero-order chi connectivity index (χ0) is 11.4. The third-order valence-electron chi connectivity index (χ3n) is 2.47. The Balaban J connectivity index is 2.05. The molecule has 0 aliphatic rings. The van der Waals surface area contributed by atoms with Crippen molar-refractivity contribution in [2.45, 2.75) is 26.7 Å². The number of nitrogens with one attached hydrogen (secondary N) is 2. The molecule has 84 valence electrons. The van der Waals surface area contributed by atoms with Crippen LogP contribution in [0.2, 0.25) is 0 Å². The van der Waals surface area contributed by atoms with Gasteiger partial charge in [-0.2, -0.15) is 5.10 Å². The Morgan fingerprint density at radius 2 is 2.00 bits per heavy atom. The van der Waals surface area contributed by atoms with Crippen molar-refractivity contribution in [1.29, 1.82) is 0 Å². The summed E-state index contributed by atoms with van der Waals surface area (Å²) >= 11 is 0. The second kappa shape index (κ2) is 4.84. The van der Waals surface area contributed by atoms with E-state index in [9.17, 15) is 0 Å². The van der Waals surface area contributed by atoms with E-state index in [0.29, 0.717) is 0 Å². The second-order valence-corrected chi connectivity index (χ2v) is 4.02. The highest BCUT2D eigenvalue weighted by atomic mass is 15.2. The molecular formula is C13H17N3. The third kappa shape index (κ3) is 2.63. The highest BCUT2D eigenvalue weighted by Gasteiger charge is 2.00. The molecule has 0 saturated heterocycles. The predicted molar refractivity (Wildman–Crippen MR) is 67.0 cm³/mol. The molecule has 0 amide bonds. The van der Waals surface area contributed by atoms with Crippen LogP contribution in [0, 0.1) is 6.92 Å².